The highest BCUT2D eigenvalue weighted by Crippen LogP contribution is 2.43. The van der Waals surface area contributed by atoms with Crippen molar-refractivity contribution in [3.63, 3.8) is 0 Å². The van der Waals surface area contributed by atoms with Crippen LogP contribution in [0.5, 0.6) is 0 Å². The Morgan fingerprint density at radius 3 is 2.36 bits per heavy atom. The molecule has 1 heterocycles. The smallest absolute Gasteiger partial charge is 0.240 e. The number of ether oxygens (including phenoxy) is 1. The Hall–Kier alpha value is -1.46. The molecule has 0 atom stereocenters. The lowest BCUT2D eigenvalue weighted by Crippen LogP contribution is -2.59. The molecule has 0 aromatic heterocycles. The molecule has 1 aliphatic heterocycles. The lowest BCUT2D eigenvalue weighted by molar-refractivity contribution is -0.130. The molecule has 22 heavy (non-hydrogen) atoms. The molecule has 1 aromatic carbocycles. The van der Waals surface area contributed by atoms with Crippen LogP contribution in [-0.2, 0) is 14.9 Å². The van der Waals surface area contributed by atoms with Crippen LogP contribution in [0.25, 0.3) is 0 Å². The van der Waals surface area contributed by atoms with Gasteiger partial charge < -0.3 is 15.8 Å². The lowest BCUT2D eigenvalue weighted by atomic mass is 9.64. The van der Waals surface area contributed by atoms with E-state index in [1.165, 1.54) is 12.1 Å². The molecule has 1 aromatic rings. The molecule has 120 valence electrons. The number of carbonyl (C=O) groups excluding carboxylic acids is 1. The van der Waals surface area contributed by atoms with Crippen LogP contribution in [0.3, 0.4) is 0 Å². The van der Waals surface area contributed by atoms with Crippen molar-refractivity contribution in [1.29, 1.82) is 0 Å². The first-order chi connectivity index (χ1) is 10.5. The van der Waals surface area contributed by atoms with Crippen LogP contribution in [0.4, 0.5) is 4.39 Å². The number of nitrogens with one attached hydrogen (secondary N) is 1. The Kier molecular flexibility index (Phi) is 4.19. The van der Waals surface area contributed by atoms with E-state index in [2.05, 4.69) is 5.32 Å². The van der Waals surface area contributed by atoms with Crippen molar-refractivity contribution in [2.45, 2.75) is 43.1 Å². The zero-order valence-electron chi connectivity index (χ0n) is 12.7. The second-order valence-corrected chi connectivity index (χ2v) is 6.59. The third-order valence-electron chi connectivity index (χ3n) is 5.19. The summed E-state index contributed by atoms with van der Waals surface area (Å²) in [6.45, 7) is 1.64. The van der Waals surface area contributed by atoms with Gasteiger partial charge in [-0.15, -0.1) is 0 Å². The molecule has 1 amide bonds. The Balaban J connectivity index is 1.66. The van der Waals surface area contributed by atoms with Gasteiger partial charge in [-0.2, -0.15) is 0 Å². The van der Waals surface area contributed by atoms with Crippen molar-refractivity contribution in [2.24, 2.45) is 5.73 Å². The summed E-state index contributed by atoms with van der Waals surface area (Å²) < 4.78 is 18.4. The quantitative estimate of drug-likeness (QED) is 0.892. The number of rotatable bonds is 4. The van der Waals surface area contributed by atoms with Crippen LogP contribution in [0.1, 0.15) is 37.7 Å². The van der Waals surface area contributed by atoms with Crippen LogP contribution >= 0.6 is 0 Å². The SMILES string of the molecule is NC1(C(=O)NCC2(c3ccc(F)cc3)CCC2)CCOCC1. The van der Waals surface area contributed by atoms with Crippen molar-refractivity contribution in [3.05, 3.63) is 35.6 Å². The average Bonchev–Trinajstić information content (AvgIpc) is 2.48. The Morgan fingerprint density at radius 2 is 1.82 bits per heavy atom. The van der Waals surface area contributed by atoms with Crippen molar-refractivity contribution in [1.82, 2.24) is 5.32 Å². The van der Waals surface area contributed by atoms with E-state index in [0.717, 1.165) is 24.8 Å². The minimum atomic E-state index is -0.814. The van der Waals surface area contributed by atoms with Crippen molar-refractivity contribution in [3.8, 4) is 0 Å². The van der Waals surface area contributed by atoms with Gasteiger partial charge in [0.15, 0.2) is 0 Å². The summed E-state index contributed by atoms with van der Waals surface area (Å²) in [6.07, 6.45) is 4.28. The van der Waals surface area contributed by atoms with Gasteiger partial charge in [0.1, 0.15) is 5.82 Å². The van der Waals surface area contributed by atoms with E-state index in [1.807, 2.05) is 12.1 Å². The van der Waals surface area contributed by atoms with E-state index >= 15 is 0 Å². The summed E-state index contributed by atoms with van der Waals surface area (Å²) in [5, 5.41) is 3.04. The zero-order valence-corrected chi connectivity index (χ0v) is 12.7. The van der Waals surface area contributed by atoms with Crippen LogP contribution in [0.2, 0.25) is 0 Å². The van der Waals surface area contributed by atoms with Crippen LogP contribution < -0.4 is 11.1 Å². The molecule has 5 heteroatoms. The van der Waals surface area contributed by atoms with E-state index < -0.39 is 5.54 Å². The molecular weight excluding hydrogens is 283 g/mol. The van der Waals surface area contributed by atoms with Gasteiger partial charge in [-0.05, 0) is 43.4 Å². The minimum absolute atomic E-state index is 0.0646. The van der Waals surface area contributed by atoms with Gasteiger partial charge in [-0.25, -0.2) is 4.39 Å². The monoisotopic (exact) mass is 306 g/mol. The molecule has 0 unspecified atom stereocenters. The lowest BCUT2D eigenvalue weighted by Gasteiger charge is -2.43. The van der Waals surface area contributed by atoms with Gasteiger partial charge in [-0.3, -0.25) is 4.79 Å². The largest absolute Gasteiger partial charge is 0.381 e. The Labute approximate surface area is 130 Å². The summed E-state index contributed by atoms with van der Waals surface area (Å²) in [6, 6.07) is 6.63. The van der Waals surface area contributed by atoms with Crippen LogP contribution in [0, 0.1) is 5.82 Å². The van der Waals surface area contributed by atoms with Gasteiger partial charge in [-0.1, -0.05) is 18.6 Å². The molecule has 2 aliphatic rings. The summed E-state index contributed by atoms with van der Waals surface area (Å²) in [5.74, 6) is -0.324. The number of hydrogen-bond acceptors (Lipinski definition) is 3. The predicted molar refractivity (Wildman–Crippen MR) is 81.9 cm³/mol. The van der Waals surface area contributed by atoms with Crippen molar-refractivity contribution < 1.29 is 13.9 Å². The van der Waals surface area contributed by atoms with Crippen molar-refractivity contribution >= 4 is 5.91 Å². The highest BCUT2D eigenvalue weighted by atomic mass is 19.1. The van der Waals surface area contributed by atoms with Crippen molar-refractivity contribution in [2.75, 3.05) is 19.8 Å². The molecular formula is C17H23FN2O2. The molecule has 3 N–H and O–H groups in total. The Morgan fingerprint density at radius 1 is 1.18 bits per heavy atom. The first kappa shape index (κ1) is 15.4. The summed E-state index contributed by atoms with van der Waals surface area (Å²) in [4.78, 5) is 12.4. The fraction of sp³-hybridized carbons (Fsp3) is 0.588. The summed E-state index contributed by atoms with van der Waals surface area (Å²) in [7, 11) is 0. The van der Waals surface area contributed by atoms with E-state index in [4.69, 9.17) is 10.5 Å². The normalized spacial score (nSPS) is 22.6. The fourth-order valence-electron chi connectivity index (χ4n) is 3.36. The van der Waals surface area contributed by atoms with Gasteiger partial charge in [0.05, 0.1) is 5.54 Å². The molecule has 3 rings (SSSR count). The van der Waals surface area contributed by atoms with Gasteiger partial charge in [0, 0.05) is 25.2 Å². The zero-order chi connectivity index (χ0) is 15.6. The Bertz CT molecular complexity index is 534. The molecule has 2 fully saturated rings. The number of benzene rings is 1. The fourth-order valence-corrected chi connectivity index (χ4v) is 3.36. The first-order valence-electron chi connectivity index (χ1n) is 7.95. The molecule has 1 saturated heterocycles. The maximum atomic E-state index is 13.1. The maximum Gasteiger partial charge on any atom is 0.240 e. The number of hydrogen-bond donors (Lipinski definition) is 2. The number of amides is 1. The van der Waals surface area contributed by atoms with E-state index in [0.29, 0.717) is 32.6 Å². The van der Waals surface area contributed by atoms with Gasteiger partial charge >= 0.3 is 0 Å². The van der Waals surface area contributed by atoms with E-state index in [1.54, 1.807) is 0 Å². The highest BCUT2D eigenvalue weighted by molar-refractivity contribution is 5.86. The van der Waals surface area contributed by atoms with Gasteiger partial charge in [0.25, 0.3) is 0 Å². The maximum absolute atomic E-state index is 13.1. The number of nitrogens with two attached hydrogens (primary N) is 1. The van der Waals surface area contributed by atoms with Crippen LogP contribution in [-0.4, -0.2) is 31.2 Å². The number of carbonyl (C=O) groups is 1. The summed E-state index contributed by atoms with van der Waals surface area (Å²) >= 11 is 0. The topological polar surface area (TPSA) is 64.4 Å². The van der Waals surface area contributed by atoms with E-state index in [-0.39, 0.29) is 17.1 Å². The predicted octanol–water partition coefficient (Wildman–Crippen LogP) is 1.87. The third-order valence-corrected chi connectivity index (χ3v) is 5.19. The minimum Gasteiger partial charge on any atom is -0.381 e. The standard InChI is InChI=1S/C17H23FN2O2/c18-14-4-2-13(3-5-14)16(6-1-7-16)12-20-15(21)17(19)8-10-22-11-9-17/h2-5H,1,6-12,19H2,(H,20,21). The second-order valence-electron chi connectivity index (χ2n) is 6.59. The highest BCUT2D eigenvalue weighted by Gasteiger charge is 2.41. The van der Waals surface area contributed by atoms with Crippen LogP contribution in [0.15, 0.2) is 24.3 Å². The molecule has 0 bridgehead atoms. The molecule has 1 aliphatic carbocycles. The molecule has 4 nitrogen and oxygen atoms in total. The third kappa shape index (κ3) is 2.88. The molecule has 0 spiro atoms. The number of halogens is 1. The molecule has 0 radical (unpaired) electrons. The molecule has 1 saturated carbocycles. The second kappa shape index (κ2) is 5.97. The van der Waals surface area contributed by atoms with Gasteiger partial charge in [0.2, 0.25) is 5.91 Å². The average molecular weight is 306 g/mol. The summed E-state index contributed by atoms with van der Waals surface area (Å²) in [5.41, 5.74) is 6.43. The first-order valence-corrected chi connectivity index (χ1v) is 7.95. The van der Waals surface area contributed by atoms with E-state index in [9.17, 15) is 9.18 Å².